The minimum absolute atomic E-state index is 0.0469. The third-order valence-corrected chi connectivity index (χ3v) is 3.38. The molecule has 1 aromatic rings. The van der Waals surface area contributed by atoms with Crippen LogP contribution in [0, 0.1) is 6.92 Å². The molecule has 0 aromatic carbocycles. The SMILES string of the molecule is Cc1nn(C(C)C)c(NCCCS(N)(=O)=O)c1N. The molecule has 0 bridgehead atoms. The molecule has 0 aliphatic heterocycles. The molecule has 7 nitrogen and oxygen atoms in total. The number of rotatable bonds is 6. The summed E-state index contributed by atoms with van der Waals surface area (Å²) < 4.78 is 23.4. The van der Waals surface area contributed by atoms with Crippen LogP contribution < -0.4 is 16.2 Å². The van der Waals surface area contributed by atoms with Gasteiger partial charge in [-0.2, -0.15) is 5.10 Å². The Balaban J connectivity index is 2.67. The maximum atomic E-state index is 10.8. The van der Waals surface area contributed by atoms with Gasteiger partial charge in [0.05, 0.1) is 17.1 Å². The molecule has 0 atom stereocenters. The molecule has 1 rings (SSSR count). The van der Waals surface area contributed by atoms with Crippen molar-refractivity contribution < 1.29 is 8.42 Å². The Morgan fingerprint density at radius 3 is 2.56 bits per heavy atom. The van der Waals surface area contributed by atoms with Gasteiger partial charge in [-0.15, -0.1) is 0 Å². The number of anilines is 2. The summed E-state index contributed by atoms with van der Waals surface area (Å²) in [5.74, 6) is 0.686. The van der Waals surface area contributed by atoms with Crippen molar-refractivity contribution in [3.63, 3.8) is 0 Å². The molecule has 0 amide bonds. The molecule has 0 aliphatic rings. The van der Waals surface area contributed by atoms with Gasteiger partial charge >= 0.3 is 0 Å². The topological polar surface area (TPSA) is 116 Å². The van der Waals surface area contributed by atoms with E-state index in [-0.39, 0.29) is 11.8 Å². The second kappa shape index (κ2) is 5.57. The molecule has 1 aromatic heterocycles. The molecule has 0 radical (unpaired) electrons. The maximum Gasteiger partial charge on any atom is 0.209 e. The van der Waals surface area contributed by atoms with E-state index in [9.17, 15) is 8.42 Å². The number of nitrogens with two attached hydrogens (primary N) is 2. The Morgan fingerprint density at radius 1 is 1.44 bits per heavy atom. The lowest BCUT2D eigenvalue weighted by Gasteiger charge is -2.13. The summed E-state index contributed by atoms with van der Waals surface area (Å²) in [5.41, 5.74) is 7.28. The van der Waals surface area contributed by atoms with Gasteiger partial charge in [0, 0.05) is 12.6 Å². The number of hydrogen-bond donors (Lipinski definition) is 3. The fourth-order valence-corrected chi connectivity index (χ4v) is 2.14. The normalized spacial score (nSPS) is 12.1. The third-order valence-electron chi connectivity index (χ3n) is 2.52. The van der Waals surface area contributed by atoms with E-state index in [1.54, 1.807) is 4.68 Å². The Hall–Kier alpha value is -1.28. The first-order valence-electron chi connectivity index (χ1n) is 5.81. The lowest BCUT2D eigenvalue weighted by molar-refractivity contribution is 0.534. The Bertz CT molecular complexity index is 507. The van der Waals surface area contributed by atoms with Crippen LogP contribution in [-0.4, -0.2) is 30.5 Å². The van der Waals surface area contributed by atoms with Gasteiger partial charge in [0.1, 0.15) is 5.82 Å². The van der Waals surface area contributed by atoms with E-state index in [0.29, 0.717) is 18.7 Å². The van der Waals surface area contributed by atoms with Crippen molar-refractivity contribution in [3.8, 4) is 0 Å². The molecule has 18 heavy (non-hydrogen) atoms. The van der Waals surface area contributed by atoms with E-state index >= 15 is 0 Å². The lowest BCUT2D eigenvalue weighted by Crippen LogP contribution is -2.19. The van der Waals surface area contributed by atoms with Crippen molar-refractivity contribution in [2.75, 3.05) is 23.3 Å². The van der Waals surface area contributed by atoms with E-state index < -0.39 is 10.0 Å². The molecular formula is C10H21N5O2S. The van der Waals surface area contributed by atoms with Gasteiger partial charge in [-0.3, -0.25) is 0 Å². The highest BCUT2D eigenvalue weighted by atomic mass is 32.2. The number of primary sulfonamides is 1. The van der Waals surface area contributed by atoms with Crippen molar-refractivity contribution in [2.45, 2.75) is 33.2 Å². The average molecular weight is 275 g/mol. The molecule has 0 aliphatic carbocycles. The van der Waals surface area contributed by atoms with E-state index in [1.807, 2.05) is 20.8 Å². The first-order valence-corrected chi connectivity index (χ1v) is 7.53. The standard InChI is InChI=1S/C10H21N5O2S/c1-7(2)15-10(9(11)8(3)14-15)13-5-4-6-18(12,16)17/h7,13H,4-6,11H2,1-3H3,(H2,12,16,17). The first kappa shape index (κ1) is 14.8. The van der Waals surface area contributed by atoms with Gasteiger partial charge in [0.2, 0.25) is 10.0 Å². The van der Waals surface area contributed by atoms with Gasteiger partial charge in [0.15, 0.2) is 0 Å². The lowest BCUT2D eigenvalue weighted by atomic mass is 10.3. The monoisotopic (exact) mass is 275 g/mol. The van der Waals surface area contributed by atoms with E-state index in [2.05, 4.69) is 10.4 Å². The van der Waals surface area contributed by atoms with Crippen LogP contribution in [0.15, 0.2) is 0 Å². The molecule has 5 N–H and O–H groups in total. The Labute approximate surface area is 108 Å². The number of sulfonamides is 1. The summed E-state index contributed by atoms with van der Waals surface area (Å²) in [6, 6.07) is 0.182. The molecule has 8 heteroatoms. The number of aryl methyl sites for hydroxylation is 1. The molecule has 0 saturated carbocycles. The third kappa shape index (κ3) is 3.88. The van der Waals surface area contributed by atoms with Crippen molar-refractivity contribution >= 4 is 21.5 Å². The summed E-state index contributed by atoms with van der Waals surface area (Å²) in [4.78, 5) is 0. The minimum Gasteiger partial charge on any atom is -0.394 e. The summed E-state index contributed by atoms with van der Waals surface area (Å²) in [6.45, 7) is 6.32. The van der Waals surface area contributed by atoms with Gasteiger partial charge in [-0.25, -0.2) is 18.2 Å². The smallest absolute Gasteiger partial charge is 0.209 e. The molecular weight excluding hydrogens is 254 g/mol. The van der Waals surface area contributed by atoms with Gasteiger partial charge < -0.3 is 11.1 Å². The summed E-state index contributed by atoms with van der Waals surface area (Å²) in [5, 5.41) is 12.4. The summed E-state index contributed by atoms with van der Waals surface area (Å²) >= 11 is 0. The maximum absolute atomic E-state index is 10.8. The molecule has 0 fully saturated rings. The number of nitrogens with zero attached hydrogens (tertiary/aromatic N) is 2. The van der Waals surface area contributed by atoms with Gasteiger partial charge in [-0.05, 0) is 27.2 Å². The molecule has 0 saturated heterocycles. The minimum atomic E-state index is -3.40. The highest BCUT2D eigenvalue weighted by Gasteiger charge is 2.14. The zero-order valence-corrected chi connectivity index (χ0v) is 11.8. The zero-order chi connectivity index (χ0) is 13.9. The number of hydrogen-bond acceptors (Lipinski definition) is 5. The second-order valence-corrected chi connectivity index (χ2v) is 6.27. The van der Waals surface area contributed by atoms with Gasteiger partial charge in [-0.1, -0.05) is 0 Å². The first-order chi connectivity index (χ1) is 8.22. The van der Waals surface area contributed by atoms with E-state index in [0.717, 1.165) is 11.5 Å². The van der Waals surface area contributed by atoms with Crippen LogP contribution in [0.5, 0.6) is 0 Å². The summed E-state index contributed by atoms with van der Waals surface area (Å²) in [7, 11) is -3.40. The van der Waals surface area contributed by atoms with E-state index in [1.165, 1.54) is 0 Å². The fourth-order valence-electron chi connectivity index (χ4n) is 1.59. The van der Waals surface area contributed by atoms with Crippen LogP contribution in [0.25, 0.3) is 0 Å². The second-order valence-electron chi connectivity index (χ2n) is 4.53. The number of nitrogen functional groups attached to an aromatic ring is 1. The highest BCUT2D eigenvalue weighted by molar-refractivity contribution is 7.89. The molecule has 0 unspecified atom stereocenters. The molecule has 0 spiro atoms. The van der Waals surface area contributed by atoms with Gasteiger partial charge in [0.25, 0.3) is 0 Å². The molecule has 104 valence electrons. The predicted octanol–water partition coefficient (Wildman–Crippen LogP) is 0.445. The van der Waals surface area contributed by atoms with Crippen LogP contribution in [0.4, 0.5) is 11.5 Å². The van der Waals surface area contributed by atoms with Crippen molar-refractivity contribution in [1.29, 1.82) is 0 Å². The van der Waals surface area contributed by atoms with Crippen molar-refractivity contribution in [1.82, 2.24) is 9.78 Å². The van der Waals surface area contributed by atoms with Crippen LogP contribution in [0.3, 0.4) is 0 Å². The van der Waals surface area contributed by atoms with Crippen LogP contribution >= 0.6 is 0 Å². The van der Waals surface area contributed by atoms with Crippen LogP contribution in [0.2, 0.25) is 0 Å². The van der Waals surface area contributed by atoms with E-state index in [4.69, 9.17) is 10.9 Å². The Morgan fingerprint density at radius 2 is 2.06 bits per heavy atom. The Kier molecular flexibility index (Phi) is 4.58. The zero-order valence-electron chi connectivity index (χ0n) is 11.0. The number of nitrogens with one attached hydrogen (secondary N) is 1. The number of aromatic nitrogens is 2. The van der Waals surface area contributed by atoms with Crippen LogP contribution in [-0.2, 0) is 10.0 Å². The quantitative estimate of drug-likeness (QED) is 0.652. The van der Waals surface area contributed by atoms with Crippen molar-refractivity contribution in [3.05, 3.63) is 5.69 Å². The molecule has 1 heterocycles. The van der Waals surface area contributed by atoms with Crippen molar-refractivity contribution in [2.24, 2.45) is 5.14 Å². The predicted molar refractivity (Wildman–Crippen MR) is 72.8 cm³/mol. The fraction of sp³-hybridized carbons (Fsp3) is 0.700. The largest absolute Gasteiger partial charge is 0.394 e. The summed E-state index contributed by atoms with van der Waals surface area (Å²) in [6.07, 6.45) is 0.431. The highest BCUT2D eigenvalue weighted by Crippen LogP contribution is 2.25. The average Bonchev–Trinajstić information content (AvgIpc) is 2.50. The van der Waals surface area contributed by atoms with Crippen LogP contribution in [0.1, 0.15) is 32.0 Å².